The maximum absolute atomic E-state index is 5.74. The van der Waals surface area contributed by atoms with Gasteiger partial charge in [-0.25, -0.2) is 0 Å². The number of fused-ring (bicyclic) bond motifs is 1. The SMILES string of the molecule is CCCNC(COC)c1cccc2c1OCCO2. The van der Waals surface area contributed by atoms with Crippen LogP contribution in [0.1, 0.15) is 24.9 Å². The maximum atomic E-state index is 5.74. The molecule has 0 spiro atoms. The van der Waals surface area contributed by atoms with E-state index >= 15 is 0 Å². The molecule has 0 fully saturated rings. The molecule has 0 bridgehead atoms. The van der Waals surface area contributed by atoms with E-state index in [0.717, 1.165) is 30.0 Å². The van der Waals surface area contributed by atoms with Crippen LogP contribution in [0.3, 0.4) is 0 Å². The summed E-state index contributed by atoms with van der Waals surface area (Å²) in [5.74, 6) is 1.69. The normalized spacial score (nSPS) is 15.4. The molecule has 1 unspecified atom stereocenters. The molecule has 0 amide bonds. The highest BCUT2D eigenvalue weighted by Crippen LogP contribution is 2.36. The molecule has 1 aromatic rings. The quantitative estimate of drug-likeness (QED) is 0.841. The second-order valence-electron chi connectivity index (χ2n) is 4.33. The molecule has 1 aliphatic heterocycles. The van der Waals surface area contributed by atoms with Gasteiger partial charge < -0.3 is 19.5 Å². The number of methoxy groups -OCH3 is 1. The predicted molar refractivity (Wildman–Crippen MR) is 70.3 cm³/mol. The lowest BCUT2D eigenvalue weighted by molar-refractivity contribution is 0.152. The van der Waals surface area contributed by atoms with Crippen molar-refractivity contribution in [2.75, 3.05) is 33.5 Å². The molecular weight excluding hydrogens is 230 g/mol. The minimum absolute atomic E-state index is 0.145. The van der Waals surface area contributed by atoms with Crippen LogP contribution in [0, 0.1) is 0 Å². The van der Waals surface area contributed by atoms with Crippen LogP contribution in [-0.2, 0) is 4.74 Å². The molecule has 1 N–H and O–H groups in total. The fourth-order valence-corrected chi connectivity index (χ4v) is 2.11. The van der Waals surface area contributed by atoms with Crippen molar-refractivity contribution in [2.45, 2.75) is 19.4 Å². The zero-order chi connectivity index (χ0) is 12.8. The van der Waals surface area contributed by atoms with E-state index in [1.54, 1.807) is 7.11 Å². The first-order valence-electron chi connectivity index (χ1n) is 6.47. The van der Waals surface area contributed by atoms with Gasteiger partial charge in [-0.05, 0) is 19.0 Å². The number of benzene rings is 1. The zero-order valence-electron chi connectivity index (χ0n) is 11.1. The van der Waals surface area contributed by atoms with Gasteiger partial charge in [0.15, 0.2) is 11.5 Å². The van der Waals surface area contributed by atoms with Crippen LogP contribution in [0.15, 0.2) is 18.2 Å². The Labute approximate surface area is 108 Å². The fraction of sp³-hybridized carbons (Fsp3) is 0.571. The van der Waals surface area contributed by atoms with Gasteiger partial charge in [0.2, 0.25) is 0 Å². The van der Waals surface area contributed by atoms with Crippen molar-refractivity contribution in [3.05, 3.63) is 23.8 Å². The van der Waals surface area contributed by atoms with Crippen molar-refractivity contribution in [3.63, 3.8) is 0 Å². The van der Waals surface area contributed by atoms with Gasteiger partial charge in [0.05, 0.1) is 12.6 Å². The highest BCUT2D eigenvalue weighted by atomic mass is 16.6. The highest BCUT2D eigenvalue weighted by molar-refractivity contribution is 5.49. The van der Waals surface area contributed by atoms with Crippen LogP contribution in [0.4, 0.5) is 0 Å². The van der Waals surface area contributed by atoms with E-state index in [-0.39, 0.29) is 6.04 Å². The molecule has 1 aromatic carbocycles. The molecule has 0 aliphatic carbocycles. The van der Waals surface area contributed by atoms with Gasteiger partial charge in [-0.15, -0.1) is 0 Å². The minimum atomic E-state index is 0.145. The van der Waals surface area contributed by atoms with Crippen LogP contribution in [-0.4, -0.2) is 33.5 Å². The number of para-hydroxylation sites is 1. The smallest absolute Gasteiger partial charge is 0.166 e. The second-order valence-corrected chi connectivity index (χ2v) is 4.33. The van der Waals surface area contributed by atoms with E-state index in [0.29, 0.717) is 19.8 Å². The summed E-state index contributed by atoms with van der Waals surface area (Å²) in [5.41, 5.74) is 1.11. The Morgan fingerprint density at radius 2 is 2.17 bits per heavy atom. The topological polar surface area (TPSA) is 39.7 Å². The van der Waals surface area contributed by atoms with Crippen molar-refractivity contribution in [1.29, 1.82) is 0 Å². The molecule has 4 heteroatoms. The van der Waals surface area contributed by atoms with E-state index in [2.05, 4.69) is 18.3 Å². The van der Waals surface area contributed by atoms with Crippen molar-refractivity contribution in [2.24, 2.45) is 0 Å². The van der Waals surface area contributed by atoms with Gasteiger partial charge in [-0.3, -0.25) is 0 Å². The van der Waals surface area contributed by atoms with Crippen molar-refractivity contribution in [1.82, 2.24) is 5.32 Å². The van der Waals surface area contributed by atoms with Gasteiger partial charge in [0, 0.05) is 12.7 Å². The standard InChI is InChI=1S/C14H21NO3/c1-3-7-15-12(10-16-2)11-5-4-6-13-14(11)18-9-8-17-13/h4-6,12,15H,3,7-10H2,1-2H3. The Hall–Kier alpha value is -1.26. The Kier molecular flexibility index (Phi) is 4.84. The summed E-state index contributed by atoms with van der Waals surface area (Å²) in [5, 5.41) is 3.48. The van der Waals surface area contributed by atoms with Gasteiger partial charge >= 0.3 is 0 Å². The third-order valence-corrected chi connectivity index (χ3v) is 2.95. The van der Waals surface area contributed by atoms with Gasteiger partial charge in [0.25, 0.3) is 0 Å². The summed E-state index contributed by atoms with van der Waals surface area (Å²) in [6.45, 7) is 4.96. The molecule has 0 radical (unpaired) electrons. The number of ether oxygens (including phenoxy) is 3. The summed E-state index contributed by atoms with van der Waals surface area (Å²) in [7, 11) is 1.72. The zero-order valence-corrected chi connectivity index (χ0v) is 11.1. The average molecular weight is 251 g/mol. The van der Waals surface area contributed by atoms with Crippen molar-refractivity contribution in [3.8, 4) is 11.5 Å². The molecule has 4 nitrogen and oxygen atoms in total. The van der Waals surface area contributed by atoms with Crippen molar-refractivity contribution < 1.29 is 14.2 Å². The second kappa shape index (κ2) is 6.61. The summed E-state index contributed by atoms with van der Waals surface area (Å²) in [4.78, 5) is 0. The summed E-state index contributed by atoms with van der Waals surface area (Å²) >= 11 is 0. The molecule has 1 heterocycles. The van der Waals surface area contributed by atoms with Crippen LogP contribution in [0.5, 0.6) is 11.5 Å². The monoisotopic (exact) mass is 251 g/mol. The van der Waals surface area contributed by atoms with Gasteiger partial charge in [-0.1, -0.05) is 19.1 Å². The molecule has 1 atom stereocenters. The lowest BCUT2D eigenvalue weighted by atomic mass is 10.1. The molecule has 18 heavy (non-hydrogen) atoms. The van der Waals surface area contributed by atoms with E-state index in [4.69, 9.17) is 14.2 Å². The number of rotatable bonds is 6. The lowest BCUT2D eigenvalue weighted by Gasteiger charge is -2.25. The molecule has 2 rings (SSSR count). The molecule has 100 valence electrons. The number of nitrogens with one attached hydrogen (secondary N) is 1. The molecule has 0 aromatic heterocycles. The molecule has 0 saturated heterocycles. The molecule has 1 aliphatic rings. The Bertz CT molecular complexity index is 381. The van der Waals surface area contributed by atoms with Crippen LogP contribution >= 0.6 is 0 Å². The summed E-state index contributed by atoms with van der Waals surface area (Å²) < 4.78 is 16.6. The summed E-state index contributed by atoms with van der Waals surface area (Å²) in [6.07, 6.45) is 1.09. The van der Waals surface area contributed by atoms with E-state index < -0.39 is 0 Å². The van der Waals surface area contributed by atoms with Gasteiger partial charge in [0.1, 0.15) is 13.2 Å². The first kappa shape index (κ1) is 13.2. The number of hydrogen-bond donors (Lipinski definition) is 1. The van der Waals surface area contributed by atoms with E-state index in [1.807, 2.05) is 12.1 Å². The minimum Gasteiger partial charge on any atom is -0.486 e. The fourth-order valence-electron chi connectivity index (χ4n) is 2.11. The summed E-state index contributed by atoms with van der Waals surface area (Å²) in [6, 6.07) is 6.16. The number of hydrogen-bond acceptors (Lipinski definition) is 4. The van der Waals surface area contributed by atoms with Crippen LogP contribution in [0.25, 0.3) is 0 Å². The Balaban J connectivity index is 2.22. The largest absolute Gasteiger partial charge is 0.486 e. The highest BCUT2D eigenvalue weighted by Gasteiger charge is 2.21. The predicted octanol–water partition coefficient (Wildman–Crippen LogP) is 2.14. The van der Waals surface area contributed by atoms with Crippen LogP contribution in [0.2, 0.25) is 0 Å². The Morgan fingerprint density at radius 3 is 2.94 bits per heavy atom. The third kappa shape index (κ3) is 2.94. The third-order valence-electron chi connectivity index (χ3n) is 2.95. The molecular formula is C14H21NO3. The maximum Gasteiger partial charge on any atom is 0.166 e. The van der Waals surface area contributed by atoms with E-state index in [1.165, 1.54) is 0 Å². The van der Waals surface area contributed by atoms with Crippen molar-refractivity contribution >= 4 is 0 Å². The lowest BCUT2D eigenvalue weighted by Crippen LogP contribution is -2.27. The molecule has 0 saturated carbocycles. The first-order valence-corrected chi connectivity index (χ1v) is 6.47. The van der Waals surface area contributed by atoms with Gasteiger partial charge in [-0.2, -0.15) is 0 Å². The average Bonchev–Trinajstić information content (AvgIpc) is 2.43. The van der Waals surface area contributed by atoms with Crippen LogP contribution < -0.4 is 14.8 Å². The Morgan fingerprint density at radius 1 is 1.33 bits per heavy atom. The first-order chi connectivity index (χ1) is 8.86. The van der Waals surface area contributed by atoms with E-state index in [9.17, 15) is 0 Å².